The van der Waals surface area contributed by atoms with Crippen LogP contribution in [0.1, 0.15) is 46.6 Å². The SMILES string of the molecule is CC(=O)C1=C(C)C(c2ccccc2)=NC1.Cc1c(-c2ccccc2)nn(Cc2ccccc2)c1C(=O)Cc1ccccc1N.PPP(P(P)P)P(P)P.PPP(P)P(P(P)P)P(P)P.[C-]#[N+]C.[C-]#[N+]c1ccc(N)c(N)c1. The first kappa shape index (κ1) is 74.1. The summed E-state index contributed by atoms with van der Waals surface area (Å²) in [6.45, 7) is 20.5. The van der Waals surface area contributed by atoms with Crippen molar-refractivity contribution in [2.75, 3.05) is 30.8 Å². The lowest BCUT2D eigenvalue weighted by molar-refractivity contribution is -0.113. The maximum Gasteiger partial charge on any atom is 0.205 e. The number of para-hydroxylation sites is 1. The van der Waals surface area contributed by atoms with Gasteiger partial charge in [0.1, 0.15) is 5.69 Å². The standard InChI is InChI=1S/C25H23N3O.C13H13NO.C7H7N3.C2H3N.H13P11.H11P9/c1-18-24(20-12-6-3-7-13-20)27-28(17-19-10-4-2-5-11-19)25(18)23(29)16-21-14-8-9-15-22(21)26;1-9-12(10(2)15)8-14-13(9)11-6-4-3-5-7-11;1-10-5-2-3-6(8)7(9)4-5;1-3-2;1-7-10(6)11(8(2)3)9(4)5;1-6-9(7(2)3)8(4)5/h2-15H,16-17,26H2,1H3;3-7H,8H2,1-2H3;2-4H,8-9H2;1H3;7H,1-6H2;6H,1-5H2. The average molecular weight is 1400 g/mol. The number of nitrogens with zero attached hydrogens (tertiary/aromatic N) is 5. The summed E-state index contributed by atoms with van der Waals surface area (Å²) in [5, 5.41) is 4.82. The van der Waals surface area contributed by atoms with Crippen LogP contribution < -0.4 is 17.2 Å². The zero-order valence-electron chi connectivity index (χ0n) is 43.1. The normalized spacial score (nSPS) is 12.2. The zero-order valence-corrected chi connectivity index (χ0v) is 64.1. The first-order chi connectivity index (χ1) is 36.6. The van der Waals surface area contributed by atoms with Crippen LogP contribution in [0.15, 0.2) is 150 Å². The molecule has 1 aliphatic heterocycles. The van der Waals surface area contributed by atoms with Crippen molar-refractivity contribution in [3.05, 3.63) is 195 Å². The van der Waals surface area contributed by atoms with E-state index in [0.29, 0.717) is 48.5 Å². The highest BCUT2D eigenvalue weighted by atomic mass is 33.2. The number of carbonyl (C=O) groups is 2. The van der Waals surface area contributed by atoms with Gasteiger partial charge in [-0.3, -0.25) is 19.3 Å². The number of hydrogen-bond donors (Lipinski definition) is 3. The average Bonchev–Trinajstić information content (AvgIpc) is 3.95. The maximum absolute atomic E-state index is 13.3. The molecule has 6 N–H and O–H groups in total. The number of ketones is 2. The lowest BCUT2D eigenvalue weighted by atomic mass is 10.0. The van der Waals surface area contributed by atoms with E-state index in [-0.39, 0.29) is 59.9 Å². The number of allylic oxidation sites excluding steroid dienone is 1. The number of aliphatic imine (C=N–C) groups is 1. The minimum atomic E-state index is 0.0195. The molecular weight excluding hydrogens is 1330 g/mol. The molecule has 1 aromatic heterocycles. The summed E-state index contributed by atoms with van der Waals surface area (Å²) in [5.74, 6) is 0.146. The molecule has 0 fully saturated rings. The molecule has 30 heteroatoms. The Kier molecular flexibility index (Phi) is 39.6. The first-order valence-corrected chi connectivity index (χ1v) is 57.2. The van der Waals surface area contributed by atoms with Crippen LogP contribution in [0.3, 0.4) is 0 Å². The van der Waals surface area contributed by atoms with Gasteiger partial charge in [0, 0.05) is 34.5 Å². The largest absolute Gasteiger partial charge is 0.398 e. The molecule has 6 aromatic rings. The molecule has 7 rings (SSSR count). The van der Waals surface area contributed by atoms with Crippen LogP contribution in [0.5, 0.6) is 0 Å². The van der Waals surface area contributed by atoms with Gasteiger partial charge >= 0.3 is 0 Å². The number of Topliss-reactive ketones (excluding diaryl/α,β-unsaturated/α-hetero) is 2. The molecule has 0 bridgehead atoms. The summed E-state index contributed by atoms with van der Waals surface area (Å²) in [5.41, 5.74) is 28.3. The Morgan fingerprint density at radius 1 is 0.675 bits per heavy atom. The Balaban J connectivity index is 0.000000356. The molecule has 0 amide bonds. The summed E-state index contributed by atoms with van der Waals surface area (Å²) in [7, 11) is 36.0. The van der Waals surface area contributed by atoms with Crippen molar-refractivity contribution in [1.82, 2.24) is 9.78 Å². The molecule has 14 unspecified atom stereocenters. The number of aromatic nitrogens is 2. The van der Waals surface area contributed by atoms with Crippen molar-refractivity contribution in [2.45, 2.75) is 33.7 Å². The molecule has 5 aromatic carbocycles. The van der Waals surface area contributed by atoms with Crippen LogP contribution >= 0.6 is 163 Å². The summed E-state index contributed by atoms with van der Waals surface area (Å²) in [6, 6.07) is 42.4. The van der Waals surface area contributed by atoms with E-state index >= 15 is 0 Å². The number of benzene rings is 5. The van der Waals surface area contributed by atoms with E-state index in [1.165, 1.54) is 7.05 Å². The smallest absolute Gasteiger partial charge is 0.205 e. The fourth-order valence-corrected chi connectivity index (χ4v) is 163. The minimum absolute atomic E-state index is 0.0195. The highest BCUT2D eigenvalue weighted by Gasteiger charge is 2.24. The van der Waals surface area contributed by atoms with Crippen LogP contribution in [-0.4, -0.2) is 40.7 Å². The van der Waals surface area contributed by atoms with Crippen molar-refractivity contribution in [3.8, 4) is 11.3 Å². The molecule has 0 radical (unpaired) electrons. The lowest BCUT2D eigenvalue weighted by Gasteiger charge is -2.29. The van der Waals surface area contributed by atoms with Gasteiger partial charge in [-0.05, 0) is 110 Å². The Morgan fingerprint density at radius 3 is 1.60 bits per heavy atom. The van der Waals surface area contributed by atoms with E-state index in [0.717, 1.165) is 66.3 Å². The molecule has 77 heavy (non-hydrogen) atoms. The van der Waals surface area contributed by atoms with Gasteiger partial charge in [-0.1, -0.05) is 131 Å². The van der Waals surface area contributed by atoms with Crippen molar-refractivity contribution in [3.63, 3.8) is 0 Å². The van der Waals surface area contributed by atoms with E-state index in [1.807, 2.05) is 134 Å². The molecule has 1 aliphatic rings. The van der Waals surface area contributed by atoms with Gasteiger partial charge in [0.25, 0.3) is 0 Å². The molecule has 0 spiro atoms. The van der Waals surface area contributed by atoms with E-state index < -0.39 is 0 Å². The molecule has 410 valence electrons. The third-order valence-corrected chi connectivity index (χ3v) is 114. The van der Waals surface area contributed by atoms with Gasteiger partial charge in [-0.2, -0.15) is 5.10 Å². The van der Waals surface area contributed by atoms with Crippen LogP contribution in [0.25, 0.3) is 20.9 Å². The number of carbonyl (C=O) groups excluding carboxylic acids is 2. The Bertz CT molecular complexity index is 2910. The Hall–Kier alpha value is 1.04. The van der Waals surface area contributed by atoms with E-state index in [1.54, 1.807) is 25.1 Å². The molecule has 2 heterocycles. The van der Waals surface area contributed by atoms with Gasteiger partial charge in [0.2, 0.25) is 7.05 Å². The number of anilines is 3. The quantitative estimate of drug-likeness (QED) is 0.0403. The summed E-state index contributed by atoms with van der Waals surface area (Å²) in [6.07, 6.45) is 0.252. The Morgan fingerprint density at radius 2 is 1.18 bits per heavy atom. The van der Waals surface area contributed by atoms with Gasteiger partial charge in [-0.25, -0.2) is 11.4 Å². The minimum Gasteiger partial charge on any atom is -0.398 e. The highest BCUT2D eigenvalue weighted by molar-refractivity contribution is 9.18. The van der Waals surface area contributed by atoms with E-state index in [2.05, 4.69) is 113 Å². The second-order valence-corrected chi connectivity index (χ2v) is 85.3. The van der Waals surface area contributed by atoms with Crippen molar-refractivity contribution in [1.29, 1.82) is 0 Å². The topological polar surface area (TPSA) is 151 Å². The predicted octanol–water partition coefficient (Wildman–Crippen LogP) is 20.0. The molecule has 0 aliphatic carbocycles. The summed E-state index contributed by atoms with van der Waals surface area (Å²) < 4.78 is 1.83. The van der Waals surface area contributed by atoms with E-state index in [9.17, 15) is 9.59 Å². The van der Waals surface area contributed by atoms with Crippen LogP contribution in [0.2, 0.25) is 0 Å². The van der Waals surface area contributed by atoms with Gasteiger partial charge in [0.05, 0.1) is 36.8 Å². The fraction of sp³-hybridized carbons (Fsp3) is 0.149. The zero-order chi connectivity index (χ0) is 57.8. The third-order valence-electron chi connectivity index (χ3n) is 10.2. The van der Waals surface area contributed by atoms with E-state index in [4.69, 9.17) is 35.4 Å². The van der Waals surface area contributed by atoms with Crippen LogP contribution in [0, 0.1) is 20.1 Å². The molecule has 14 atom stereocenters. The molecule has 0 saturated heterocycles. The monoisotopic (exact) mass is 1400 g/mol. The fourth-order valence-electron chi connectivity index (χ4n) is 6.69. The van der Waals surface area contributed by atoms with Crippen molar-refractivity contribution >= 4 is 203 Å². The van der Waals surface area contributed by atoms with Gasteiger partial charge in [0.15, 0.2) is 17.3 Å². The Labute approximate surface area is 494 Å². The van der Waals surface area contributed by atoms with Crippen LogP contribution in [0.4, 0.5) is 22.7 Å². The van der Waals surface area contributed by atoms with Gasteiger partial charge in [-0.15, -0.1) is 98.2 Å². The number of nitrogens with two attached hydrogens (primary N) is 3. The van der Waals surface area contributed by atoms with Crippen molar-refractivity contribution in [2.24, 2.45) is 4.99 Å². The highest BCUT2D eigenvalue weighted by Crippen LogP contribution is 3.12. The molecule has 0 saturated carbocycles. The molecular formula is C47H70N8O2P20. The van der Waals surface area contributed by atoms with Crippen LogP contribution in [-0.2, 0) is 17.8 Å². The van der Waals surface area contributed by atoms with Crippen molar-refractivity contribution < 1.29 is 9.59 Å². The second-order valence-electron chi connectivity index (χ2n) is 15.7. The lowest BCUT2D eigenvalue weighted by Crippen LogP contribution is -2.15. The number of nitrogen functional groups attached to an aromatic ring is 3. The number of rotatable bonds is 15. The van der Waals surface area contributed by atoms with Gasteiger partial charge < -0.3 is 22.0 Å². The predicted molar refractivity (Wildman–Crippen MR) is 404 cm³/mol. The first-order valence-electron chi connectivity index (χ1n) is 22.5. The maximum atomic E-state index is 13.3. The second kappa shape index (κ2) is 41.2. The summed E-state index contributed by atoms with van der Waals surface area (Å²) >= 11 is 0. The third kappa shape index (κ3) is 26.5. The summed E-state index contributed by atoms with van der Waals surface area (Å²) in [4.78, 5) is 35.0. The molecule has 10 nitrogen and oxygen atoms in total. The number of hydrogen-bond acceptors (Lipinski definition) is 7.